The fourth-order valence-corrected chi connectivity index (χ4v) is 1.32. The lowest BCUT2D eigenvalue weighted by Crippen LogP contribution is -1.82. The van der Waals surface area contributed by atoms with Crippen LogP contribution in [0.1, 0.15) is 39.5 Å². The largest absolute Gasteiger partial charge is 0.392 e. The number of hydrogen-bond donors (Lipinski definition) is 1. The molecule has 0 fully saturated rings. The Hall–Kier alpha value is -0.960. The molecular formula is C13H20F2O. The highest BCUT2D eigenvalue weighted by molar-refractivity contribution is 5.04. The van der Waals surface area contributed by atoms with E-state index in [1.165, 1.54) is 0 Å². The lowest BCUT2D eigenvalue weighted by Gasteiger charge is -2.00. The standard InChI is InChI=1S/C13H20F2O/c1-11(7-4-8-13(14)15)5-3-6-12(2)9-10-16/h5,8-9,16H,3-4,6-7,10H2,1-2H3. The zero-order chi connectivity index (χ0) is 12.4. The monoisotopic (exact) mass is 230 g/mol. The van der Waals surface area contributed by atoms with Crippen LogP contribution in [0.25, 0.3) is 0 Å². The molecule has 0 atom stereocenters. The molecule has 0 spiro atoms. The number of rotatable bonds is 7. The van der Waals surface area contributed by atoms with E-state index >= 15 is 0 Å². The fourth-order valence-electron chi connectivity index (χ4n) is 1.32. The lowest BCUT2D eigenvalue weighted by molar-refractivity contribution is 0.341. The lowest BCUT2D eigenvalue weighted by atomic mass is 10.1. The molecule has 16 heavy (non-hydrogen) atoms. The second-order valence-electron chi connectivity index (χ2n) is 3.85. The third-order valence-corrected chi connectivity index (χ3v) is 2.31. The Balaban J connectivity index is 3.79. The van der Waals surface area contributed by atoms with E-state index in [1.54, 1.807) is 6.08 Å². The van der Waals surface area contributed by atoms with Gasteiger partial charge in [0.1, 0.15) is 0 Å². The number of hydrogen-bond acceptors (Lipinski definition) is 1. The summed E-state index contributed by atoms with van der Waals surface area (Å²) in [7, 11) is 0. The molecule has 0 unspecified atom stereocenters. The van der Waals surface area contributed by atoms with Crippen LogP contribution in [-0.2, 0) is 0 Å². The van der Waals surface area contributed by atoms with Gasteiger partial charge in [-0.25, -0.2) is 0 Å². The molecule has 0 heterocycles. The number of aliphatic hydroxyl groups is 1. The molecule has 0 aliphatic rings. The summed E-state index contributed by atoms with van der Waals surface area (Å²) in [6, 6.07) is 0. The summed E-state index contributed by atoms with van der Waals surface area (Å²) >= 11 is 0. The Morgan fingerprint density at radius 2 is 1.44 bits per heavy atom. The van der Waals surface area contributed by atoms with E-state index < -0.39 is 6.08 Å². The van der Waals surface area contributed by atoms with Crippen molar-refractivity contribution in [2.45, 2.75) is 39.5 Å². The first-order chi connectivity index (χ1) is 7.56. The van der Waals surface area contributed by atoms with Crippen molar-refractivity contribution in [1.29, 1.82) is 0 Å². The minimum absolute atomic E-state index is 0.0785. The van der Waals surface area contributed by atoms with Gasteiger partial charge < -0.3 is 5.11 Å². The van der Waals surface area contributed by atoms with Crippen LogP contribution >= 0.6 is 0 Å². The predicted molar refractivity (Wildman–Crippen MR) is 63.4 cm³/mol. The maximum atomic E-state index is 11.7. The Morgan fingerprint density at radius 3 is 1.94 bits per heavy atom. The quantitative estimate of drug-likeness (QED) is 0.649. The van der Waals surface area contributed by atoms with Crippen LogP contribution in [0.5, 0.6) is 0 Å². The normalized spacial score (nSPS) is 12.8. The molecule has 0 aliphatic heterocycles. The van der Waals surface area contributed by atoms with Crippen molar-refractivity contribution in [1.82, 2.24) is 0 Å². The van der Waals surface area contributed by atoms with Crippen LogP contribution in [0.3, 0.4) is 0 Å². The smallest absolute Gasteiger partial charge is 0.266 e. The molecule has 92 valence electrons. The maximum absolute atomic E-state index is 11.7. The highest BCUT2D eigenvalue weighted by Gasteiger charge is 1.92. The molecule has 0 saturated carbocycles. The number of aliphatic hydroxyl groups excluding tert-OH is 1. The van der Waals surface area contributed by atoms with Crippen molar-refractivity contribution in [2.24, 2.45) is 0 Å². The molecule has 0 aromatic heterocycles. The minimum atomic E-state index is -1.60. The van der Waals surface area contributed by atoms with Gasteiger partial charge in [-0.1, -0.05) is 23.3 Å². The van der Waals surface area contributed by atoms with Crippen LogP contribution < -0.4 is 0 Å². The van der Waals surface area contributed by atoms with Crippen molar-refractivity contribution in [2.75, 3.05) is 6.61 Å². The van der Waals surface area contributed by atoms with Crippen LogP contribution in [0.2, 0.25) is 0 Å². The summed E-state index contributed by atoms with van der Waals surface area (Å²) in [6.45, 7) is 4.00. The van der Waals surface area contributed by atoms with E-state index in [9.17, 15) is 8.78 Å². The third-order valence-electron chi connectivity index (χ3n) is 2.31. The van der Waals surface area contributed by atoms with E-state index in [0.29, 0.717) is 12.8 Å². The highest BCUT2D eigenvalue weighted by atomic mass is 19.3. The van der Waals surface area contributed by atoms with E-state index in [-0.39, 0.29) is 6.61 Å². The first-order valence-electron chi connectivity index (χ1n) is 5.49. The van der Waals surface area contributed by atoms with Gasteiger partial charge in [0.15, 0.2) is 0 Å². The van der Waals surface area contributed by atoms with Crippen molar-refractivity contribution in [3.63, 3.8) is 0 Å². The van der Waals surface area contributed by atoms with E-state index in [4.69, 9.17) is 5.11 Å². The molecule has 0 aliphatic carbocycles. The predicted octanol–water partition coefficient (Wildman–Crippen LogP) is 4.21. The highest BCUT2D eigenvalue weighted by Crippen LogP contribution is 2.11. The Morgan fingerprint density at radius 1 is 0.938 bits per heavy atom. The number of halogens is 2. The zero-order valence-electron chi connectivity index (χ0n) is 9.97. The zero-order valence-corrected chi connectivity index (χ0v) is 9.97. The summed E-state index contributed by atoms with van der Waals surface area (Å²) in [6.07, 6.45) is 6.09. The van der Waals surface area contributed by atoms with Gasteiger partial charge in [-0.05, 0) is 45.6 Å². The van der Waals surface area contributed by atoms with Crippen molar-refractivity contribution < 1.29 is 13.9 Å². The van der Waals surface area contributed by atoms with Gasteiger partial charge in [-0.15, -0.1) is 0 Å². The molecule has 0 radical (unpaired) electrons. The first-order valence-corrected chi connectivity index (χ1v) is 5.49. The molecule has 0 aromatic carbocycles. The molecule has 0 aromatic rings. The number of allylic oxidation sites excluding steroid dienone is 4. The molecule has 0 saturated heterocycles. The van der Waals surface area contributed by atoms with Gasteiger partial charge in [0.2, 0.25) is 0 Å². The van der Waals surface area contributed by atoms with Gasteiger partial charge in [0.05, 0.1) is 6.61 Å². The molecule has 1 N–H and O–H groups in total. The molecule has 1 nitrogen and oxygen atoms in total. The van der Waals surface area contributed by atoms with Crippen LogP contribution in [0, 0.1) is 0 Å². The Labute approximate surface area is 96.2 Å². The average molecular weight is 230 g/mol. The van der Waals surface area contributed by atoms with Gasteiger partial charge in [-0.3, -0.25) is 0 Å². The SMILES string of the molecule is CC(=CCO)CCC=C(C)CCC=C(F)F. The summed E-state index contributed by atoms with van der Waals surface area (Å²) in [4.78, 5) is 0. The van der Waals surface area contributed by atoms with Crippen molar-refractivity contribution >= 4 is 0 Å². The van der Waals surface area contributed by atoms with E-state index in [1.807, 2.05) is 13.8 Å². The molecule has 0 rings (SSSR count). The summed E-state index contributed by atoms with van der Waals surface area (Å²) in [5.74, 6) is 0. The summed E-state index contributed by atoms with van der Waals surface area (Å²) in [5.41, 5.74) is 2.29. The van der Waals surface area contributed by atoms with Crippen LogP contribution in [0.4, 0.5) is 8.78 Å². The summed E-state index contributed by atoms with van der Waals surface area (Å²) < 4.78 is 23.5. The van der Waals surface area contributed by atoms with Crippen LogP contribution in [0.15, 0.2) is 35.5 Å². The van der Waals surface area contributed by atoms with E-state index in [0.717, 1.165) is 30.1 Å². The minimum Gasteiger partial charge on any atom is -0.392 e. The molecular weight excluding hydrogens is 210 g/mol. The molecule has 3 heteroatoms. The molecule has 0 bridgehead atoms. The van der Waals surface area contributed by atoms with Crippen molar-refractivity contribution in [3.05, 3.63) is 35.5 Å². The maximum Gasteiger partial charge on any atom is 0.266 e. The van der Waals surface area contributed by atoms with Gasteiger partial charge >= 0.3 is 0 Å². The topological polar surface area (TPSA) is 20.2 Å². The first kappa shape index (κ1) is 15.0. The van der Waals surface area contributed by atoms with E-state index in [2.05, 4.69) is 6.08 Å². The van der Waals surface area contributed by atoms with Crippen LogP contribution in [-0.4, -0.2) is 11.7 Å². The van der Waals surface area contributed by atoms with Crippen molar-refractivity contribution in [3.8, 4) is 0 Å². The Kier molecular flexibility index (Phi) is 8.72. The van der Waals surface area contributed by atoms with Gasteiger partial charge in [0.25, 0.3) is 6.08 Å². The average Bonchev–Trinajstić information content (AvgIpc) is 2.17. The van der Waals surface area contributed by atoms with Gasteiger partial charge in [0, 0.05) is 0 Å². The molecule has 0 amide bonds. The third kappa shape index (κ3) is 9.59. The Bertz CT molecular complexity index is 274. The fraction of sp³-hybridized carbons (Fsp3) is 0.538. The second kappa shape index (κ2) is 9.28. The van der Waals surface area contributed by atoms with Gasteiger partial charge in [-0.2, -0.15) is 8.78 Å². The second-order valence-corrected chi connectivity index (χ2v) is 3.85. The summed E-state index contributed by atoms with van der Waals surface area (Å²) in [5, 5.41) is 8.64.